The molecule has 0 aliphatic carbocycles. The highest BCUT2D eigenvalue weighted by Gasteiger charge is 2.27. The second-order valence-electron chi connectivity index (χ2n) is 5.42. The molecule has 2 atom stereocenters. The molecule has 2 aromatic carbocycles. The van der Waals surface area contributed by atoms with Gasteiger partial charge in [-0.05, 0) is 22.3 Å². The standard InChI is InChI=1S/2C9H8O3/c2*10-8-7-4-2-1-3-6(7)5-12-9(8)11/h2*1-4,8,10H,5H2/t2*8-/m10/s1. The molecule has 0 fully saturated rings. The molecule has 0 bridgehead atoms. The molecule has 0 radical (unpaired) electrons. The highest BCUT2D eigenvalue weighted by molar-refractivity contribution is 5.78. The van der Waals surface area contributed by atoms with Crippen LogP contribution in [0.5, 0.6) is 0 Å². The van der Waals surface area contributed by atoms with E-state index in [1.165, 1.54) is 0 Å². The number of aliphatic hydroxyl groups is 2. The molecule has 4 rings (SSSR count). The Hall–Kier alpha value is -2.70. The average Bonchev–Trinajstić information content (AvgIpc) is 2.62. The zero-order valence-corrected chi connectivity index (χ0v) is 12.7. The zero-order chi connectivity index (χ0) is 17.1. The molecule has 0 aromatic heterocycles. The third kappa shape index (κ3) is 3.15. The molecule has 6 nitrogen and oxygen atoms in total. The van der Waals surface area contributed by atoms with E-state index in [9.17, 15) is 19.8 Å². The van der Waals surface area contributed by atoms with Gasteiger partial charge in [0.2, 0.25) is 0 Å². The number of hydrogen-bond donors (Lipinski definition) is 2. The monoisotopic (exact) mass is 328 g/mol. The zero-order valence-electron chi connectivity index (χ0n) is 12.7. The van der Waals surface area contributed by atoms with E-state index in [1.807, 2.05) is 24.3 Å². The van der Waals surface area contributed by atoms with Gasteiger partial charge in [-0.25, -0.2) is 9.59 Å². The molecule has 2 aliphatic rings. The van der Waals surface area contributed by atoms with Crippen LogP contribution in [0.1, 0.15) is 34.5 Å². The number of ether oxygens (including phenoxy) is 2. The number of aliphatic hydroxyl groups excluding tert-OH is 2. The summed E-state index contributed by atoms with van der Waals surface area (Å²) >= 11 is 0. The highest BCUT2D eigenvalue weighted by atomic mass is 16.6. The first-order valence-electron chi connectivity index (χ1n) is 7.43. The van der Waals surface area contributed by atoms with Gasteiger partial charge >= 0.3 is 11.9 Å². The minimum atomic E-state index is -1.10. The molecule has 2 N–H and O–H groups in total. The normalized spacial score (nSPS) is 21.4. The van der Waals surface area contributed by atoms with Gasteiger partial charge in [0.15, 0.2) is 12.2 Å². The maximum atomic E-state index is 10.9. The van der Waals surface area contributed by atoms with Crippen molar-refractivity contribution in [1.82, 2.24) is 0 Å². The Labute approximate surface area is 138 Å². The smallest absolute Gasteiger partial charge is 0.339 e. The topological polar surface area (TPSA) is 93.1 Å². The summed E-state index contributed by atoms with van der Waals surface area (Å²) in [5.74, 6) is -1.12. The molecule has 124 valence electrons. The van der Waals surface area contributed by atoms with Gasteiger partial charge in [-0.2, -0.15) is 0 Å². The minimum Gasteiger partial charge on any atom is -0.459 e. The van der Waals surface area contributed by atoms with E-state index in [1.54, 1.807) is 24.3 Å². The van der Waals surface area contributed by atoms with Crippen LogP contribution in [0.3, 0.4) is 0 Å². The average molecular weight is 328 g/mol. The molecular formula is C18H16O6. The van der Waals surface area contributed by atoms with Crippen molar-refractivity contribution < 1.29 is 29.3 Å². The summed E-state index contributed by atoms with van der Waals surface area (Å²) < 4.78 is 9.46. The van der Waals surface area contributed by atoms with E-state index in [4.69, 9.17) is 9.47 Å². The van der Waals surface area contributed by atoms with Crippen LogP contribution in [0, 0.1) is 0 Å². The summed E-state index contributed by atoms with van der Waals surface area (Å²) in [6, 6.07) is 14.4. The fourth-order valence-electron chi connectivity index (χ4n) is 2.57. The Bertz CT molecular complexity index is 704. The third-order valence-corrected chi connectivity index (χ3v) is 3.89. The van der Waals surface area contributed by atoms with E-state index in [0.717, 1.165) is 11.1 Å². The number of hydrogen-bond acceptors (Lipinski definition) is 6. The summed E-state index contributed by atoms with van der Waals surface area (Å²) in [4.78, 5) is 21.8. The van der Waals surface area contributed by atoms with E-state index in [-0.39, 0.29) is 13.2 Å². The van der Waals surface area contributed by atoms with Crippen LogP contribution in [0.4, 0.5) is 0 Å². The van der Waals surface area contributed by atoms with Gasteiger partial charge in [0.25, 0.3) is 0 Å². The Balaban J connectivity index is 0.000000141. The van der Waals surface area contributed by atoms with Crippen LogP contribution in [0.15, 0.2) is 48.5 Å². The summed E-state index contributed by atoms with van der Waals surface area (Å²) in [6.45, 7) is 0.540. The van der Waals surface area contributed by atoms with E-state index >= 15 is 0 Å². The molecule has 0 amide bonds. The SMILES string of the molecule is O=C1OCc2ccccc2[C@@H]1O.O=C1OCc2ccccc2[C@H]1O. The van der Waals surface area contributed by atoms with E-state index in [0.29, 0.717) is 11.1 Å². The molecule has 6 heteroatoms. The minimum absolute atomic E-state index is 0.270. The van der Waals surface area contributed by atoms with Crippen LogP contribution in [-0.2, 0) is 32.3 Å². The van der Waals surface area contributed by atoms with Crippen molar-refractivity contribution in [1.29, 1.82) is 0 Å². The molecular weight excluding hydrogens is 312 g/mol. The first kappa shape index (κ1) is 16.2. The maximum Gasteiger partial charge on any atom is 0.339 e. The number of carbonyl (C=O) groups excluding carboxylic acids is 2. The lowest BCUT2D eigenvalue weighted by molar-refractivity contribution is -0.158. The lowest BCUT2D eigenvalue weighted by atomic mass is 10.0. The fourth-order valence-corrected chi connectivity index (χ4v) is 2.57. The van der Waals surface area contributed by atoms with Crippen LogP contribution in [0.2, 0.25) is 0 Å². The van der Waals surface area contributed by atoms with Crippen molar-refractivity contribution in [2.45, 2.75) is 25.4 Å². The molecule has 24 heavy (non-hydrogen) atoms. The Morgan fingerprint density at radius 3 is 1.50 bits per heavy atom. The number of fused-ring (bicyclic) bond motifs is 2. The number of cyclic esters (lactones) is 2. The second kappa shape index (κ2) is 6.82. The predicted molar refractivity (Wildman–Crippen MR) is 82.4 cm³/mol. The van der Waals surface area contributed by atoms with Gasteiger partial charge in [0.1, 0.15) is 13.2 Å². The van der Waals surface area contributed by atoms with Crippen LogP contribution in [-0.4, -0.2) is 22.2 Å². The van der Waals surface area contributed by atoms with Gasteiger partial charge in [0.05, 0.1) is 0 Å². The van der Waals surface area contributed by atoms with Crippen molar-refractivity contribution >= 4 is 11.9 Å². The van der Waals surface area contributed by atoms with Crippen molar-refractivity contribution in [3.05, 3.63) is 70.8 Å². The largest absolute Gasteiger partial charge is 0.459 e. The van der Waals surface area contributed by atoms with E-state index < -0.39 is 24.1 Å². The lowest BCUT2D eigenvalue weighted by Gasteiger charge is -2.19. The number of rotatable bonds is 0. The lowest BCUT2D eigenvalue weighted by Crippen LogP contribution is -2.22. The Morgan fingerprint density at radius 2 is 1.08 bits per heavy atom. The molecule has 2 aromatic rings. The first-order chi connectivity index (χ1) is 11.6. The number of benzene rings is 2. The molecule has 2 heterocycles. The molecule has 2 aliphatic heterocycles. The molecule has 0 unspecified atom stereocenters. The number of esters is 2. The van der Waals surface area contributed by atoms with Crippen molar-refractivity contribution in [2.24, 2.45) is 0 Å². The molecule has 0 spiro atoms. The van der Waals surface area contributed by atoms with Gasteiger partial charge in [0, 0.05) is 0 Å². The van der Waals surface area contributed by atoms with Gasteiger partial charge in [-0.15, -0.1) is 0 Å². The van der Waals surface area contributed by atoms with Crippen molar-refractivity contribution in [3.63, 3.8) is 0 Å². The third-order valence-electron chi connectivity index (χ3n) is 3.89. The van der Waals surface area contributed by atoms with Crippen LogP contribution < -0.4 is 0 Å². The van der Waals surface area contributed by atoms with Gasteiger partial charge < -0.3 is 19.7 Å². The van der Waals surface area contributed by atoms with Crippen LogP contribution in [0.25, 0.3) is 0 Å². The molecule has 0 saturated carbocycles. The maximum absolute atomic E-state index is 10.9. The van der Waals surface area contributed by atoms with Crippen molar-refractivity contribution in [2.75, 3.05) is 0 Å². The molecule has 0 saturated heterocycles. The summed E-state index contributed by atoms with van der Waals surface area (Å²) in [5, 5.41) is 18.7. The van der Waals surface area contributed by atoms with E-state index in [2.05, 4.69) is 0 Å². The Kier molecular flexibility index (Phi) is 4.59. The Morgan fingerprint density at radius 1 is 0.708 bits per heavy atom. The predicted octanol–water partition coefficient (Wildman–Crippen LogP) is 1.55. The quantitative estimate of drug-likeness (QED) is 0.713. The fraction of sp³-hybridized carbons (Fsp3) is 0.222. The highest BCUT2D eigenvalue weighted by Crippen LogP contribution is 2.25. The second-order valence-corrected chi connectivity index (χ2v) is 5.42. The summed E-state index contributed by atoms with van der Waals surface area (Å²) in [5.41, 5.74) is 3.08. The number of carbonyl (C=O) groups is 2. The van der Waals surface area contributed by atoms with Gasteiger partial charge in [-0.3, -0.25) is 0 Å². The summed E-state index contributed by atoms with van der Waals surface area (Å²) in [6.07, 6.45) is -2.20. The summed E-state index contributed by atoms with van der Waals surface area (Å²) in [7, 11) is 0. The van der Waals surface area contributed by atoms with Crippen LogP contribution >= 0.6 is 0 Å². The van der Waals surface area contributed by atoms with Gasteiger partial charge in [-0.1, -0.05) is 48.5 Å². The first-order valence-corrected chi connectivity index (χ1v) is 7.43. The van der Waals surface area contributed by atoms with Crippen molar-refractivity contribution in [3.8, 4) is 0 Å².